The number of aromatic nitrogens is 2. The number of rotatable bonds is 3. The van der Waals surface area contributed by atoms with Gasteiger partial charge in [0.2, 0.25) is 0 Å². The first-order valence-electron chi connectivity index (χ1n) is 8.76. The average molecular weight is 432 g/mol. The molecule has 1 saturated heterocycles. The first-order valence-corrected chi connectivity index (χ1v) is 9.55. The van der Waals surface area contributed by atoms with Crippen LogP contribution in [-0.2, 0) is 0 Å². The van der Waals surface area contributed by atoms with E-state index in [2.05, 4.69) is 36.1 Å². The number of piperidine rings is 1. The van der Waals surface area contributed by atoms with Gasteiger partial charge in [0.05, 0.1) is 21.2 Å². The first kappa shape index (κ1) is 17.9. The highest BCUT2D eigenvalue weighted by Gasteiger charge is 2.24. The highest BCUT2D eigenvalue weighted by atomic mass is 79.9. The van der Waals surface area contributed by atoms with Gasteiger partial charge in [0, 0.05) is 37.1 Å². The molecule has 8 heteroatoms. The van der Waals surface area contributed by atoms with Crippen LogP contribution in [0.2, 0.25) is 0 Å². The van der Waals surface area contributed by atoms with E-state index >= 15 is 0 Å². The Morgan fingerprint density at radius 1 is 1.37 bits per heavy atom. The van der Waals surface area contributed by atoms with Gasteiger partial charge in [0.15, 0.2) is 0 Å². The Labute approximate surface area is 164 Å². The molecule has 3 aromatic rings. The molecule has 0 bridgehead atoms. The van der Waals surface area contributed by atoms with Crippen LogP contribution in [0.3, 0.4) is 0 Å². The zero-order valence-electron chi connectivity index (χ0n) is 14.5. The first-order chi connectivity index (χ1) is 13.0. The molecule has 1 aliphatic rings. The molecule has 1 aliphatic heterocycles. The van der Waals surface area contributed by atoms with Crippen molar-refractivity contribution in [1.82, 2.24) is 9.97 Å². The number of aromatic amines is 1. The van der Waals surface area contributed by atoms with E-state index in [4.69, 9.17) is 5.73 Å². The number of benzene rings is 1. The summed E-state index contributed by atoms with van der Waals surface area (Å²) in [7, 11) is 0. The minimum absolute atomic E-state index is 0.116. The van der Waals surface area contributed by atoms with Gasteiger partial charge in [-0.3, -0.25) is 4.79 Å². The number of H-pyrrole nitrogens is 1. The summed E-state index contributed by atoms with van der Waals surface area (Å²) in [6, 6.07) is 5.56. The second-order valence-corrected chi connectivity index (χ2v) is 7.54. The van der Waals surface area contributed by atoms with Crippen LogP contribution >= 0.6 is 15.9 Å². The van der Waals surface area contributed by atoms with E-state index in [-0.39, 0.29) is 17.8 Å². The van der Waals surface area contributed by atoms with Crippen molar-refractivity contribution in [1.29, 1.82) is 0 Å². The zero-order chi connectivity index (χ0) is 19.0. The third-order valence-electron chi connectivity index (χ3n) is 4.76. The topological polar surface area (TPSA) is 87.0 Å². The van der Waals surface area contributed by atoms with Crippen LogP contribution < -0.4 is 16.0 Å². The number of nitrogens with two attached hydrogens (primary N) is 1. The van der Waals surface area contributed by atoms with Crippen LogP contribution in [0.1, 0.15) is 23.2 Å². The molecule has 1 unspecified atom stereocenters. The Kier molecular flexibility index (Phi) is 4.84. The van der Waals surface area contributed by atoms with E-state index in [0.717, 1.165) is 41.5 Å². The number of fused-ring (bicyclic) bond motifs is 1. The highest BCUT2D eigenvalue weighted by molar-refractivity contribution is 9.10. The number of carbonyl (C=O) groups is 1. The molecule has 2 aromatic heterocycles. The number of pyridine rings is 1. The van der Waals surface area contributed by atoms with Gasteiger partial charge in [-0.2, -0.15) is 0 Å². The summed E-state index contributed by atoms with van der Waals surface area (Å²) in [6.45, 7) is 1.64. The maximum Gasteiger partial charge on any atom is 0.255 e. The van der Waals surface area contributed by atoms with Crippen molar-refractivity contribution < 1.29 is 9.18 Å². The lowest BCUT2D eigenvalue weighted by Gasteiger charge is -2.33. The molecule has 1 amide bonds. The average Bonchev–Trinajstić information content (AvgIpc) is 3.05. The number of nitrogens with zero attached hydrogens (tertiary/aromatic N) is 2. The second kappa shape index (κ2) is 7.28. The predicted molar refractivity (Wildman–Crippen MR) is 108 cm³/mol. The fourth-order valence-corrected chi connectivity index (χ4v) is 4.02. The van der Waals surface area contributed by atoms with Gasteiger partial charge >= 0.3 is 0 Å². The van der Waals surface area contributed by atoms with Gasteiger partial charge in [-0.05, 0) is 53.0 Å². The summed E-state index contributed by atoms with van der Waals surface area (Å²) >= 11 is 3.60. The molecule has 3 heterocycles. The van der Waals surface area contributed by atoms with Crippen molar-refractivity contribution in [3.05, 3.63) is 52.5 Å². The molecular formula is C19H19BrFN5O. The van der Waals surface area contributed by atoms with E-state index in [1.807, 2.05) is 0 Å². The van der Waals surface area contributed by atoms with Crippen molar-refractivity contribution >= 4 is 44.2 Å². The van der Waals surface area contributed by atoms with Crippen LogP contribution in [0.4, 0.5) is 15.8 Å². The van der Waals surface area contributed by atoms with E-state index in [9.17, 15) is 9.18 Å². The van der Waals surface area contributed by atoms with Gasteiger partial charge in [0.25, 0.3) is 5.91 Å². The maximum atomic E-state index is 13.1. The van der Waals surface area contributed by atoms with Crippen molar-refractivity contribution in [3.63, 3.8) is 0 Å². The van der Waals surface area contributed by atoms with Crippen molar-refractivity contribution in [3.8, 4) is 0 Å². The Balaban J connectivity index is 1.72. The summed E-state index contributed by atoms with van der Waals surface area (Å²) in [5, 5.41) is 3.73. The van der Waals surface area contributed by atoms with Crippen molar-refractivity contribution in [2.24, 2.45) is 5.73 Å². The molecule has 1 aromatic carbocycles. The van der Waals surface area contributed by atoms with Crippen LogP contribution in [-0.4, -0.2) is 35.0 Å². The van der Waals surface area contributed by atoms with Crippen LogP contribution in [0, 0.1) is 5.82 Å². The lowest BCUT2D eigenvalue weighted by molar-refractivity contribution is 0.102. The van der Waals surface area contributed by atoms with Gasteiger partial charge in [-0.15, -0.1) is 0 Å². The van der Waals surface area contributed by atoms with Gasteiger partial charge in [-0.25, -0.2) is 9.37 Å². The monoisotopic (exact) mass is 431 g/mol. The Morgan fingerprint density at radius 2 is 2.15 bits per heavy atom. The predicted octanol–water partition coefficient (Wildman–Crippen LogP) is 3.64. The molecule has 27 heavy (non-hydrogen) atoms. The summed E-state index contributed by atoms with van der Waals surface area (Å²) in [4.78, 5) is 22.3. The number of hydrogen-bond donors (Lipinski definition) is 3. The smallest absolute Gasteiger partial charge is 0.255 e. The largest absolute Gasteiger partial charge is 0.368 e. The summed E-state index contributed by atoms with van der Waals surface area (Å²) in [5.74, 6) is -0.687. The quantitative estimate of drug-likeness (QED) is 0.590. The third kappa shape index (κ3) is 3.54. The number of hydrogen-bond acceptors (Lipinski definition) is 4. The van der Waals surface area contributed by atoms with E-state index in [0.29, 0.717) is 16.9 Å². The lowest BCUT2D eigenvalue weighted by Crippen LogP contribution is -2.43. The van der Waals surface area contributed by atoms with E-state index in [1.54, 1.807) is 12.4 Å². The summed E-state index contributed by atoms with van der Waals surface area (Å²) < 4.78 is 14.0. The molecule has 1 fully saturated rings. The molecule has 4 N–H and O–H groups in total. The third-order valence-corrected chi connectivity index (χ3v) is 5.34. The summed E-state index contributed by atoms with van der Waals surface area (Å²) in [6.07, 6.45) is 5.49. The second-order valence-electron chi connectivity index (χ2n) is 6.69. The Morgan fingerprint density at radius 3 is 2.89 bits per heavy atom. The van der Waals surface area contributed by atoms with Crippen molar-refractivity contribution in [2.75, 3.05) is 23.3 Å². The number of anilines is 2. The van der Waals surface area contributed by atoms with Gasteiger partial charge in [0.1, 0.15) is 11.5 Å². The van der Waals surface area contributed by atoms with E-state index in [1.165, 1.54) is 24.3 Å². The van der Waals surface area contributed by atoms with E-state index < -0.39 is 0 Å². The molecule has 4 rings (SSSR count). The molecule has 0 radical (unpaired) electrons. The number of nitrogens with one attached hydrogen (secondary N) is 2. The number of amides is 1. The Bertz CT molecular complexity index is 988. The molecule has 0 saturated carbocycles. The molecular weight excluding hydrogens is 413 g/mol. The molecule has 0 spiro atoms. The molecule has 6 nitrogen and oxygen atoms in total. The minimum atomic E-state index is -0.379. The lowest BCUT2D eigenvalue weighted by atomic mass is 10.1. The SMILES string of the molecule is NC1CCCN(c2c(Br)cnc3[nH]cc(NC(=O)c4ccc(F)cc4)c23)C1. The number of carbonyl (C=O) groups excluding carboxylic acids is 1. The maximum absolute atomic E-state index is 13.1. The fourth-order valence-electron chi connectivity index (χ4n) is 3.47. The van der Waals surface area contributed by atoms with Crippen LogP contribution in [0.5, 0.6) is 0 Å². The number of halogens is 2. The summed E-state index contributed by atoms with van der Waals surface area (Å²) in [5.41, 5.74) is 8.82. The zero-order valence-corrected chi connectivity index (χ0v) is 16.1. The normalized spacial score (nSPS) is 17.3. The fraction of sp³-hybridized carbons (Fsp3) is 0.263. The standard InChI is InChI=1S/C19H19BrFN5O/c20-14-8-23-18-16(17(14)26-7-1-2-13(22)10-26)15(9-24-18)25-19(27)11-3-5-12(21)6-4-11/h3-6,8-9,13H,1-2,7,10,22H2,(H,23,24)(H,25,27). The molecule has 1 atom stereocenters. The highest BCUT2D eigenvalue weighted by Crippen LogP contribution is 2.38. The van der Waals surface area contributed by atoms with Crippen molar-refractivity contribution in [2.45, 2.75) is 18.9 Å². The van der Waals surface area contributed by atoms with Crippen LogP contribution in [0.15, 0.2) is 41.1 Å². The minimum Gasteiger partial charge on any atom is -0.368 e. The van der Waals surface area contributed by atoms with Gasteiger partial charge < -0.3 is 20.9 Å². The van der Waals surface area contributed by atoms with Crippen LogP contribution in [0.25, 0.3) is 11.0 Å². The molecule has 140 valence electrons. The Hall–Kier alpha value is -2.45. The van der Waals surface area contributed by atoms with Gasteiger partial charge in [-0.1, -0.05) is 0 Å². The molecule has 0 aliphatic carbocycles.